The summed E-state index contributed by atoms with van der Waals surface area (Å²) in [4.78, 5) is 33.9. The Bertz CT molecular complexity index is 841. The lowest BCUT2D eigenvalue weighted by molar-refractivity contribution is -0.384. The van der Waals surface area contributed by atoms with Crippen LogP contribution in [0.4, 0.5) is 11.4 Å². The Labute approximate surface area is 143 Å². The van der Waals surface area contributed by atoms with Gasteiger partial charge in [0.25, 0.3) is 5.69 Å². The Balaban J connectivity index is 1.99. The van der Waals surface area contributed by atoms with Gasteiger partial charge in [-0.25, -0.2) is 5.43 Å². The molecule has 2 aromatic carbocycles. The number of nitrogens with one attached hydrogen (secondary N) is 2. The number of carbonyl (C=O) groups is 2. The smallest absolute Gasteiger partial charge is 0.317 e. The molecule has 0 unspecified atom stereocenters. The van der Waals surface area contributed by atoms with Gasteiger partial charge in [0.1, 0.15) is 0 Å². The summed E-state index contributed by atoms with van der Waals surface area (Å²) < 4.78 is 0. The van der Waals surface area contributed by atoms with Gasteiger partial charge < -0.3 is 5.32 Å². The van der Waals surface area contributed by atoms with Crippen molar-refractivity contribution in [2.45, 2.75) is 13.8 Å². The first-order chi connectivity index (χ1) is 11.9. The normalized spacial score (nSPS) is 10.5. The molecule has 128 valence electrons. The molecule has 0 heterocycles. The number of hydrogen-bond donors (Lipinski definition) is 2. The zero-order chi connectivity index (χ0) is 18.4. The summed E-state index contributed by atoms with van der Waals surface area (Å²) >= 11 is 0. The van der Waals surface area contributed by atoms with Crippen molar-refractivity contribution in [1.82, 2.24) is 5.43 Å². The van der Waals surface area contributed by atoms with Crippen LogP contribution in [0.5, 0.6) is 0 Å². The second-order valence-electron chi connectivity index (χ2n) is 5.27. The van der Waals surface area contributed by atoms with Gasteiger partial charge in [0.05, 0.1) is 11.1 Å². The Morgan fingerprint density at radius 3 is 2.36 bits per heavy atom. The summed E-state index contributed by atoms with van der Waals surface area (Å²) in [6, 6.07) is 11.2. The number of hydrazone groups is 1. The maximum Gasteiger partial charge on any atom is 0.329 e. The van der Waals surface area contributed by atoms with E-state index in [0.717, 1.165) is 11.1 Å². The van der Waals surface area contributed by atoms with Crippen molar-refractivity contribution in [3.63, 3.8) is 0 Å². The number of non-ortho nitro benzene ring substituents is 1. The molecule has 2 amide bonds. The Morgan fingerprint density at radius 2 is 1.72 bits per heavy atom. The zero-order valence-electron chi connectivity index (χ0n) is 13.6. The lowest BCUT2D eigenvalue weighted by Gasteiger charge is -2.10. The van der Waals surface area contributed by atoms with E-state index in [1.807, 2.05) is 32.0 Å². The number of nitro groups is 1. The fourth-order valence-electron chi connectivity index (χ4n) is 2.12. The molecule has 0 saturated heterocycles. The van der Waals surface area contributed by atoms with Gasteiger partial charge >= 0.3 is 11.8 Å². The van der Waals surface area contributed by atoms with E-state index >= 15 is 0 Å². The summed E-state index contributed by atoms with van der Waals surface area (Å²) in [7, 11) is 0. The SMILES string of the molecule is Cc1cccc(C)c1NC(=O)C(=O)N/N=C/c1cccc([N+](=O)[O-])c1. The maximum absolute atomic E-state index is 11.9. The summed E-state index contributed by atoms with van der Waals surface area (Å²) in [5, 5.41) is 16.9. The molecule has 2 rings (SSSR count). The minimum absolute atomic E-state index is 0.0944. The molecule has 2 aromatic rings. The third kappa shape index (κ3) is 4.71. The Morgan fingerprint density at radius 1 is 1.08 bits per heavy atom. The third-order valence-electron chi connectivity index (χ3n) is 3.39. The molecule has 0 atom stereocenters. The number of hydrogen-bond acceptors (Lipinski definition) is 5. The molecule has 0 saturated carbocycles. The van der Waals surface area contributed by atoms with E-state index in [2.05, 4.69) is 15.8 Å². The number of para-hydroxylation sites is 1. The van der Waals surface area contributed by atoms with Gasteiger partial charge in [0, 0.05) is 23.4 Å². The van der Waals surface area contributed by atoms with Gasteiger partial charge in [-0.2, -0.15) is 5.10 Å². The summed E-state index contributed by atoms with van der Waals surface area (Å²) in [6.45, 7) is 3.64. The molecule has 2 N–H and O–H groups in total. The van der Waals surface area contributed by atoms with Crippen LogP contribution in [0, 0.1) is 24.0 Å². The van der Waals surface area contributed by atoms with E-state index in [0.29, 0.717) is 11.3 Å². The highest BCUT2D eigenvalue weighted by Gasteiger charge is 2.15. The first-order valence-corrected chi connectivity index (χ1v) is 7.33. The zero-order valence-corrected chi connectivity index (χ0v) is 13.6. The fourth-order valence-corrected chi connectivity index (χ4v) is 2.12. The van der Waals surface area contributed by atoms with Crippen molar-refractivity contribution in [2.75, 3.05) is 5.32 Å². The molecule has 0 bridgehead atoms. The molecular formula is C17H16N4O4. The second kappa shape index (κ2) is 7.82. The van der Waals surface area contributed by atoms with E-state index in [1.54, 1.807) is 6.07 Å². The van der Waals surface area contributed by atoms with Crippen LogP contribution >= 0.6 is 0 Å². The minimum atomic E-state index is -0.940. The predicted molar refractivity (Wildman–Crippen MR) is 93.4 cm³/mol. The number of benzene rings is 2. The number of anilines is 1. The van der Waals surface area contributed by atoms with E-state index in [-0.39, 0.29) is 5.69 Å². The molecule has 25 heavy (non-hydrogen) atoms. The van der Waals surface area contributed by atoms with Crippen molar-refractivity contribution >= 4 is 29.4 Å². The van der Waals surface area contributed by atoms with Crippen molar-refractivity contribution in [1.29, 1.82) is 0 Å². The average Bonchev–Trinajstić information content (AvgIpc) is 2.58. The van der Waals surface area contributed by atoms with E-state index in [1.165, 1.54) is 24.4 Å². The molecule has 0 spiro atoms. The van der Waals surface area contributed by atoms with Gasteiger partial charge in [-0.05, 0) is 25.0 Å². The Hall–Kier alpha value is -3.55. The number of nitro benzene ring substituents is 1. The van der Waals surface area contributed by atoms with Crippen LogP contribution in [0.3, 0.4) is 0 Å². The quantitative estimate of drug-likeness (QED) is 0.385. The average molecular weight is 340 g/mol. The fraction of sp³-hybridized carbons (Fsp3) is 0.118. The highest BCUT2D eigenvalue weighted by Crippen LogP contribution is 2.19. The largest absolute Gasteiger partial charge is 0.329 e. The molecule has 0 aliphatic carbocycles. The van der Waals surface area contributed by atoms with Gasteiger partial charge in [0.15, 0.2) is 0 Å². The minimum Gasteiger partial charge on any atom is -0.317 e. The lowest BCUT2D eigenvalue weighted by atomic mass is 10.1. The first-order valence-electron chi connectivity index (χ1n) is 7.33. The van der Waals surface area contributed by atoms with Crippen LogP contribution in [0.2, 0.25) is 0 Å². The second-order valence-corrected chi connectivity index (χ2v) is 5.27. The molecule has 0 aliphatic rings. The Kier molecular flexibility index (Phi) is 5.57. The molecular weight excluding hydrogens is 324 g/mol. The van der Waals surface area contributed by atoms with Gasteiger partial charge in [-0.15, -0.1) is 0 Å². The molecule has 0 radical (unpaired) electrons. The van der Waals surface area contributed by atoms with Gasteiger partial charge in [-0.1, -0.05) is 30.3 Å². The molecule has 0 fully saturated rings. The van der Waals surface area contributed by atoms with Crippen LogP contribution in [-0.2, 0) is 9.59 Å². The summed E-state index contributed by atoms with van der Waals surface area (Å²) in [6.07, 6.45) is 1.22. The molecule has 0 aliphatic heterocycles. The number of amides is 2. The first kappa shape index (κ1) is 17.8. The third-order valence-corrected chi connectivity index (χ3v) is 3.39. The number of rotatable bonds is 4. The van der Waals surface area contributed by atoms with Crippen molar-refractivity contribution in [3.05, 3.63) is 69.3 Å². The predicted octanol–water partition coefficient (Wildman–Crippen LogP) is 2.30. The lowest BCUT2D eigenvalue weighted by Crippen LogP contribution is -2.32. The van der Waals surface area contributed by atoms with Crippen LogP contribution < -0.4 is 10.7 Å². The molecule has 0 aromatic heterocycles. The van der Waals surface area contributed by atoms with Crippen molar-refractivity contribution < 1.29 is 14.5 Å². The summed E-state index contributed by atoms with van der Waals surface area (Å²) in [5.41, 5.74) is 4.66. The van der Waals surface area contributed by atoms with Crippen molar-refractivity contribution in [2.24, 2.45) is 5.10 Å². The topological polar surface area (TPSA) is 114 Å². The van der Waals surface area contributed by atoms with Crippen LogP contribution in [-0.4, -0.2) is 23.0 Å². The van der Waals surface area contributed by atoms with Crippen LogP contribution in [0.1, 0.15) is 16.7 Å². The highest BCUT2D eigenvalue weighted by molar-refractivity contribution is 6.39. The molecule has 8 heteroatoms. The van der Waals surface area contributed by atoms with Crippen LogP contribution in [0.15, 0.2) is 47.6 Å². The van der Waals surface area contributed by atoms with E-state index in [9.17, 15) is 19.7 Å². The number of aryl methyl sites for hydroxylation is 2. The van der Waals surface area contributed by atoms with Crippen LogP contribution in [0.25, 0.3) is 0 Å². The summed E-state index contributed by atoms with van der Waals surface area (Å²) in [5.74, 6) is -1.79. The van der Waals surface area contributed by atoms with E-state index < -0.39 is 16.7 Å². The standard InChI is InChI=1S/C17H16N4O4/c1-11-5-3-6-12(2)15(11)19-16(22)17(23)20-18-10-13-7-4-8-14(9-13)21(24)25/h3-10H,1-2H3,(H,19,22)(H,20,23)/b18-10+. The highest BCUT2D eigenvalue weighted by atomic mass is 16.6. The maximum atomic E-state index is 11.9. The number of carbonyl (C=O) groups excluding carboxylic acids is 2. The number of nitrogens with zero attached hydrogens (tertiary/aromatic N) is 2. The van der Waals surface area contributed by atoms with Crippen molar-refractivity contribution in [3.8, 4) is 0 Å². The molecule has 8 nitrogen and oxygen atoms in total. The van der Waals surface area contributed by atoms with E-state index in [4.69, 9.17) is 0 Å². The van der Waals surface area contributed by atoms with Gasteiger partial charge in [0.2, 0.25) is 0 Å². The van der Waals surface area contributed by atoms with Gasteiger partial charge in [-0.3, -0.25) is 19.7 Å². The monoisotopic (exact) mass is 340 g/mol.